The van der Waals surface area contributed by atoms with Crippen molar-refractivity contribution in [2.24, 2.45) is 0 Å². The van der Waals surface area contributed by atoms with Crippen LogP contribution in [0.3, 0.4) is 0 Å². The lowest BCUT2D eigenvalue weighted by Crippen LogP contribution is -2.39. The highest BCUT2D eigenvalue weighted by Crippen LogP contribution is 2.41. The Morgan fingerprint density at radius 3 is 1.88 bits per heavy atom. The average Bonchev–Trinajstić information content (AvgIpc) is 2.64. The van der Waals surface area contributed by atoms with Gasteiger partial charge in [0.05, 0.1) is 0 Å². The Morgan fingerprint density at radius 2 is 1.36 bits per heavy atom. The molecule has 0 spiro atoms. The van der Waals surface area contributed by atoms with Gasteiger partial charge < -0.3 is 5.32 Å². The van der Waals surface area contributed by atoms with Gasteiger partial charge in [0.1, 0.15) is 0 Å². The van der Waals surface area contributed by atoms with Gasteiger partial charge in [-0.25, -0.2) is 0 Å². The van der Waals surface area contributed by atoms with Crippen LogP contribution in [-0.4, -0.2) is 17.7 Å². The molecule has 0 saturated heterocycles. The predicted molar refractivity (Wildman–Crippen MR) is 113 cm³/mol. The van der Waals surface area contributed by atoms with Gasteiger partial charge in [0.15, 0.2) is 0 Å². The van der Waals surface area contributed by atoms with E-state index in [1.807, 2.05) is 0 Å². The van der Waals surface area contributed by atoms with Gasteiger partial charge in [0.25, 0.3) is 0 Å². The average molecular weight is 353 g/mol. The zero-order valence-corrected chi connectivity index (χ0v) is 16.6. The third-order valence-corrected chi connectivity index (χ3v) is 8.13. The van der Waals surface area contributed by atoms with E-state index in [0.29, 0.717) is 11.7 Å². The second-order valence-corrected chi connectivity index (χ2v) is 10.2. The molecule has 3 rings (SSSR count). The fraction of sp³-hybridized carbons (Fsp3) is 0.478. The van der Waals surface area contributed by atoms with Crippen LogP contribution >= 0.6 is 7.92 Å². The summed E-state index contributed by atoms with van der Waals surface area (Å²) in [7, 11) is -0.308. The maximum Gasteiger partial charge on any atom is 0.00695 e. The smallest absolute Gasteiger partial charge is 0.00695 e. The van der Waals surface area contributed by atoms with Crippen molar-refractivity contribution >= 4 is 18.5 Å². The minimum Gasteiger partial charge on any atom is -0.311 e. The summed E-state index contributed by atoms with van der Waals surface area (Å²) in [5.41, 5.74) is 0.672. The van der Waals surface area contributed by atoms with Crippen molar-refractivity contribution in [2.45, 2.75) is 70.1 Å². The summed E-state index contributed by atoms with van der Waals surface area (Å²) in [4.78, 5) is 0. The quantitative estimate of drug-likeness (QED) is 0.674. The van der Waals surface area contributed by atoms with Gasteiger partial charge in [-0.3, -0.25) is 0 Å². The molecule has 1 saturated carbocycles. The molecular weight excluding hydrogens is 321 g/mol. The van der Waals surface area contributed by atoms with Crippen LogP contribution in [0.2, 0.25) is 0 Å². The summed E-state index contributed by atoms with van der Waals surface area (Å²) >= 11 is 0. The van der Waals surface area contributed by atoms with Crippen molar-refractivity contribution in [3.63, 3.8) is 0 Å². The van der Waals surface area contributed by atoms with Crippen LogP contribution in [0.4, 0.5) is 0 Å². The number of nitrogens with one attached hydrogen (secondary N) is 1. The normalized spacial score (nSPS) is 18.2. The van der Waals surface area contributed by atoms with Gasteiger partial charge in [0, 0.05) is 12.1 Å². The molecule has 25 heavy (non-hydrogen) atoms. The summed E-state index contributed by atoms with van der Waals surface area (Å²) in [6.07, 6.45) is 8.21. The van der Waals surface area contributed by atoms with Crippen molar-refractivity contribution < 1.29 is 0 Å². The lowest BCUT2D eigenvalue weighted by molar-refractivity contribution is 0.336. The molecule has 0 aromatic heterocycles. The molecule has 0 aliphatic heterocycles. The fourth-order valence-electron chi connectivity index (χ4n) is 4.19. The summed E-state index contributed by atoms with van der Waals surface area (Å²) in [6, 6.07) is 23.6. The SMILES string of the molecule is C[C@@H](C[C@H](C)P(c1ccccc1)c1ccccc1)NC1CCCCC1. The summed E-state index contributed by atoms with van der Waals surface area (Å²) in [5.74, 6) is 0. The highest BCUT2D eigenvalue weighted by Gasteiger charge is 2.24. The molecule has 1 aliphatic rings. The zero-order chi connectivity index (χ0) is 17.5. The van der Waals surface area contributed by atoms with Crippen LogP contribution in [0.15, 0.2) is 60.7 Å². The highest BCUT2D eigenvalue weighted by atomic mass is 31.1. The Morgan fingerprint density at radius 1 is 0.840 bits per heavy atom. The largest absolute Gasteiger partial charge is 0.311 e. The summed E-state index contributed by atoms with van der Waals surface area (Å²) < 4.78 is 0. The van der Waals surface area contributed by atoms with Gasteiger partial charge in [-0.15, -0.1) is 0 Å². The topological polar surface area (TPSA) is 12.0 Å². The van der Waals surface area contributed by atoms with E-state index in [4.69, 9.17) is 0 Å². The Hall–Kier alpha value is -1.17. The molecule has 0 heterocycles. The maximum atomic E-state index is 3.92. The molecule has 0 bridgehead atoms. The number of rotatable bonds is 7. The van der Waals surface area contributed by atoms with Crippen LogP contribution in [0, 0.1) is 0 Å². The summed E-state index contributed by atoms with van der Waals surface area (Å²) in [5, 5.41) is 6.92. The van der Waals surface area contributed by atoms with E-state index in [9.17, 15) is 0 Å². The third-order valence-electron chi connectivity index (χ3n) is 5.33. The second-order valence-electron chi connectivity index (χ2n) is 7.53. The lowest BCUT2D eigenvalue weighted by atomic mass is 9.94. The van der Waals surface area contributed by atoms with E-state index < -0.39 is 0 Å². The molecule has 2 aromatic carbocycles. The molecule has 0 radical (unpaired) electrons. The molecule has 2 heteroatoms. The van der Waals surface area contributed by atoms with Gasteiger partial charge in [-0.2, -0.15) is 0 Å². The lowest BCUT2D eigenvalue weighted by Gasteiger charge is -2.31. The minimum atomic E-state index is -0.308. The Labute approximate surface area is 155 Å². The molecule has 0 unspecified atom stereocenters. The van der Waals surface area contributed by atoms with Gasteiger partial charge in [-0.1, -0.05) is 86.8 Å². The standard InChI is InChI=1S/C23H32NP/c1-19(24-21-12-6-3-7-13-21)18-20(2)25(22-14-8-4-9-15-22)23-16-10-5-11-17-23/h4-5,8-11,14-17,19-21,24H,3,6-7,12-13,18H2,1-2H3/t19-,20-/m0/s1. The second kappa shape index (κ2) is 9.51. The van der Waals surface area contributed by atoms with E-state index in [1.54, 1.807) is 0 Å². The molecule has 0 amide bonds. The van der Waals surface area contributed by atoms with Crippen molar-refractivity contribution in [1.82, 2.24) is 5.32 Å². The third kappa shape index (κ3) is 5.40. The molecule has 1 nitrogen and oxygen atoms in total. The maximum absolute atomic E-state index is 3.92. The molecule has 2 aromatic rings. The fourth-order valence-corrected chi connectivity index (χ4v) is 7.02. The first-order valence-corrected chi connectivity index (χ1v) is 11.3. The van der Waals surface area contributed by atoms with Crippen molar-refractivity contribution in [3.05, 3.63) is 60.7 Å². The predicted octanol–water partition coefficient (Wildman–Crippen LogP) is 5.21. The molecule has 2 atom stereocenters. The zero-order valence-electron chi connectivity index (χ0n) is 15.7. The van der Waals surface area contributed by atoms with Crippen LogP contribution in [0.25, 0.3) is 0 Å². The number of hydrogen-bond donors (Lipinski definition) is 1. The first-order chi connectivity index (χ1) is 12.2. The minimum absolute atomic E-state index is 0.308. The molecular formula is C23H32NP. The Kier molecular flexibility index (Phi) is 7.08. The van der Waals surface area contributed by atoms with E-state index in [2.05, 4.69) is 79.8 Å². The van der Waals surface area contributed by atoms with Crippen molar-refractivity contribution in [3.8, 4) is 0 Å². The Bertz CT molecular complexity index is 567. The van der Waals surface area contributed by atoms with Crippen LogP contribution in [0.5, 0.6) is 0 Å². The van der Waals surface area contributed by atoms with E-state index in [-0.39, 0.29) is 7.92 Å². The number of hydrogen-bond acceptors (Lipinski definition) is 1. The molecule has 1 aliphatic carbocycles. The van der Waals surface area contributed by atoms with Crippen molar-refractivity contribution in [1.29, 1.82) is 0 Å². The first-order valence-electron chi connectivity index (χ1n) is 9.89. The Balaban J connectivity index is 1.69. The van der Waals surface area contributed by atoms with Gasteiger partial charge in [0.2, 0.25) is 0 Å². The van der Waals surface area contributed by atoms with Crippen LogP contribution in [0.1, 0.15) is 52.4 Å². The van der Waals surface area contributed by atoms with Gasteiger partial charge >= 0.3 is 0 Å². The van der Waals surface area contributed by atoms with Crippen molar-refractivity contribution in [2.75, 3.05) is 0 Å². The molecule has 1 fully saturated rings. The van der Waals surface area contributed by atoms with Crippen LogP contribution in [-0.2, 0) is 0 Å². The molecule has 1 N–H and O–H groups in total. The monoisotopic (exact) mass is 353 g/mol. The van der Waals surface area contributed by atoms with Gasteiger partial charge in [-0.05, 0) is 50.4 Å². The van der Waals surface area contributed by atoms with E-state index in [1.165, 1.54) is 49.1 Å². The molecule has 134 valence electrons. The van der Waals surface area contributed by atoms with E-state index in [0.717, 1.165) is 6.04 Å². The first kappa shape index (κ1) is 18.6. The van der Waals surface area contributed by atoms with Crippen LogP contribution < -0.4 is 15.9 Å². The van der Waals surface area contributed by atoms with E-state index >= 15 is 0 Å². The summed E-state index contributed by atoms with van der Waals surface area (Å²) in [6.45, 7) is 4.83. The number of benzene rings is 2. The highest BCUT2D eigenvalue weighted by molar-refractivity contribution is 7.73.